The molecule has 2 unspecified atom stereocenters. The smallest absolute Gasteiger partial charge is 0.243 e. The maximum atomic E-state index is 13.7. The average Bonchev–Trinajstić information content (AvgIpc) is 2.91. The van der Waals surface area contributed by atoms with Crippen LogP contribution in [0.2, 0.25) is 0 Å². The molecule has 0 spiro atoms. The molecule has 0 aromatic heterocycles. The molecule has 1 heterocycles. The maximum absolute atomic E-state index is 13.7. The molecule has 2 N–H and O–H groups in total. The normalized spacial score (nSPS) is 17.7. The van der Waals surface area contributed by atoms with Crippen LogP contribution < -0.4 is 10.6 Å². The summed E-state index contributed by atoms with van der Waals surface area (Å²) in [5.74, 6) is -0.407. The summed E-state index contributed by atoms with van der Waals surface area (Å²) in [7, 11) is 0. The molecule has 3 nitrogen and oxygen atoms in total. The van der Waals surface area contributed by atoms with E-state index in [0.717, 1.165) is 11.3 Å². The van der Waals surface area contributed by atoms with Gasteiger partial charge in [-0.2, -0.15) is 0 Å². The van der Waals surface area contributed by atoms with Crippen molar-refractivity contribution in [3.05, 3.63) is 65.5 Å². The number of nitrogens with one attached hydrogen (secondary N) is 2. The second-order valence-electron chi connectivity index (χ2n) is 5.31. The van der Waals surface area contributed by atoms with Gasteiger partial charge in [-0.15, -0.1) is 0 Å². The zero-order valence-corrected chi connectivity index (χ0v) is 11.8. The number of benzene rings is 2. The van der Waals surface area contributed by atoms with Crippen LogP contribution in [-0.4, -0.2) is 11.9 Å². The fraction of sp³-hybridized carbons (Fsp3) is 0.235. The molecule has 0 bridgehead atoms. The maximum Gasteiger partial charge on any atom is 0.243 e. The van der Waals surface area contributed by atoms with E-state index >= 15 is 0 Å². The van der Waals surface area contributed by atoms with Gasteiger partial charge in [0, 0.05) is 17.7 Å². The molecule has 1 aliphatic rings. The van der Waals surface area contributed by atoms with Gasteiger partial charge in [-0.3, -0.25) is 4.79 Å². The minimum Gasteiger partial charge on any atom is -0.373 e. The fourth-order valence-electron chi connectivity index (χ4n) is 2.67. The summed E-state index contributed by atoms with van der Waals surface area (Å²) in [6, 6.07) is 13.7. The van der Waals surface area contributed by atoms with Crippen LogP contribution >= 0.6 is 0 Å². The second kappa shape index (κ2) is 5.56. The largest absolute Gasteiger partial charge is 0.373 e. The lowest BCUT2D eigenvalue weighted by Crippen LogP contribution is -2.39. The van der Waals surface area contributed by atoms with Crippen LogP contribution in [-0.2, 0) is 11.2 Å². The number of amides is 1. The molecule has 21 heavy (non-hydrogen) atoms. The van der Waals surface area contributed by atoms with Crippen LogP contribution in [0.5, 0.6) is 0 Å². The zero-order valence-electron chi connectivity index (χ0n) is 11.8. The van der Waals surface area contributed by atoms with Gasteiger partial charge in [-0.25, -0.2) is 4.39 Å². The molecule has 2 aromatic carbocycles. The molecule has 4 heteroatoms. The van der Waals surface area contributed by atoms with E-state index in [-0.39, 0.29) is 23.8 Å². The summed E-state index contributed by atoms with van der Waals surface area (Å²) in [6.07, 6.45) is 0.659. The van der Waals surface area contributed by atoms with Crippen molar-refractivity contribution in [1.29, 1.82) is 0 Å². The lowest BCUT2D eigenvalue weighted by molar-refractivity contribution is -0.122. The van der Waals surface area contributed by atoms with E-state index in [0.29, 0.717) is 12.0 Å². The number of rotatable bonds is 3. The van der Waals surface area contributed by atoms with Gasteiger partial charge in [0.15, 0.2) is 0 Å². The quantitative estimate of drug-likeness (QED) is 0.909. The summed E-state index contributed by atoms with van der Waals surface area (Å²) in [4.78, 5) is 12.3. The molecular formula is C17H17FN2O. The van der Waals surface area contributed by atoms with Crippen molar-refractivity contribution >= 4 is 11.6 Å². The summed E-state index contributed by atoms with van der Waals surface area (Å²) in [5, 5.41) is 6.07. The lowest BCUT2D eigenvalue weighted by Gasteiger charge is -2.18. The average molecular weight is 284 g/mol. The van der Waals surface area contributed by atoms with E-state index in [1.54, 1.807) is 25.1 Å². The third-order valence-corrected chi connectivity index (χ3v) is 3.82. The number of carbonyl (C=O) groups excluding carboxylic acids is 1. The molecule has 0 saturated heterocycles. The van der Waals surface area contributed by atoms with E-state index in [9.17, 15) is 9.18 Å². The first-order chi connectivity index (χ1) is 10.1. The van der Waals surface area contributed by atoms with Crippen LogP contribution in [0.15, 0.2) is 48.5 Å². The van der Waals surface area contributed by atoms with Crippen LogP contribution in [0.25, 0.3) is 0 Å². The molecule has 108 valence electrons. The summed E-state index contributed by atoms with van der Waals surface area (Å²) < 4.78 is 13.7. The van der Waals surface area contributed by atoms with E-state index in [2.05, 4.69) is 10.6 Å². The van der Waals surface area contributed by atoms with Crippen LogP contribution in [0.1, 0.15) is 24.1 Å². The number of fused-ring (bicyclic) bond motifs is 1. The van der Waals surface area contributed by atoms with Crippen molar-refractivity contribution < 1.29 is 9.18 Å². The van der Waals surface area contributed by atoms with E-state index < -0.39 is 0 Å². The fourth-order valence-corrected chi connectivity index (χ4v) is 2.67. The second-order valence-corrected chi connectivity index (χ2v) is 5.31. The highest BCUT2D eigenvalue weighted by Gasteiger charge is 2.27. The Balaban J connectivity index is 1.67. The molecule has 0 fully saturated rings. The highest BCUT2D eigenvalue weighted by molar-refractivity contribution is 5.87. The molecular weight excluding hydrogens is 267 g/mol. The summed E-state index contributed by atoms with van der Waals surface area (Å²) in [6.45, 7) is 1.79. The first kappa shape index (κ1) is 13.6. The van der Waals surface area contributed by atoms with Gasteiger partial charge in [0.2, 0.25) is 5.91 Å². The Labute approximate surface area is 123 Å². The lowest BCUT2D eigenvalue weighted by atomic mass is 10.1. The molecule has 3 rings (SSSR count). The van der Waals surface area contributed by atoms with Gasteiger partial charge in [0.25, 0.3) is 0 Å². The van der Waals surface area contributed by atoms with Gasteiger partial charge < -0.3 is 10.6 Å². The first-order valence-electron chi connectivity index (χ1n) is 7.04. The minimum atomic E-state index is -0.357. The predicted molar refractivity (Wildman–Crippen MR) is 80.5 cm³/mol. The zero-order chi connectivity index (χ0) is 14.8. The van der Waals surface area contributed by atoms with Crippen LogP contribution in [0.4, 0.5) is 10.1 Å². The Hall–Kier alpha value is -2.36. The standard InChI is InChI=1S/C17H17FN2O/c1-11(13-7-3-4-8-14(13)18)19-17(21)16-10-12-6-2-5-9-15(12)20-16/h2-9,11,16,20H,10H2,1H3,(H,19,21). The molecule has 0 radical (unpaired) electrons. The third-order valence-electron chi connectivity index (χ3n) is 3.82. The highest BCUT2D eigenvalue weighted by atomic mass is 19.1. The van der Waals surface area contributed by atoms with Crippen molar-refractivity contribution in [2.75, 3.05) is 5.32 Å². The SMILES string of the molecule is CC(NC(=O)C1Cc2ccccc2N1)c1ccccc1F. The van der Waals surface area contributed by atoms with E-state index in [1.807, 2.05) is 24.3 Å². The highest BCUT2D eigenvalue weighted by Crippen LogP contribution is 2.25. The van der Waals surface area contributed by atoms with Crippen LogP contribution in [0, 0.1) is 5.82 Å². The molecule has 2 atom stereocenters. The first-order valence-corrected chi connectivity index (χ1v) is 7.04. The molecule has 1 aliphatic heterocycles. The molecule has 1 amide bonds. The molecule has 2 aromatic rings. The van der Waals surface area contributed by atoms with Crippen LogP contribution in [0.3, 0.4) is 0 Å². The van der Waals surface area contributed by atoms with Crippen molar-refractivity contribution in [3.8, 4) is 0 Å². The van der Waals surface area contributed by atoms with E-state index in [1.165, 1.54) is 6.07 Å². The Morgan fingerprint density at radius 1 is 1.24 bits per heavy atom. The van der Waals surface area contributed by atoms with Crippen molar-refractivity contribution in [3.63, 3.8) is 0 Å². The van der Waals surface area contributed by atoms with Crippen molar-refractivity contribution in [2.24, 2.45) is 0 Å². The predicted octanol–water partition coefficient (Wildman–Crippen LogP) is 3.04. The summed E-state index contributed by atoms with van der Waals surface area (Å²) >= 11 is 0. The van der Waals surface area contributed by atoms with Gasteiger partial charge in [0.05, 0.1) is 6.04 Å². The molecule has 0 aliphatic carbocycles. The minimum absolute atomic E-state index is 0.109. The Morgan fingerprint density at radius 2 is 1.95 bits per heavy atom. The Kier molecular flexibility index (Phi) is 3.60. The van der Waals surface area contributed by atoms with Gasteiger partial charge >= 0.3 is 0 Å². The molecule has 0 saturated carbocycles. The van der Waals surface area contributed by atoms with E-state index in [4.69, 9.17) is 0 Å². The summed E-state index contributed by atoms with van der Waals surface area (Å²) in [5.41, 5.74) is 2.63. The number of halogens is 1. The number of para-hydroxylation sites is 1. The Morgan fingerprint density at radius 3 is 2.71 bits per heavy atom. The third kappa shape index (κ3) is 2.75. The van der Waals surface area contributed by atoms with Gasteiger partial charge in [-0.05, 0) is 24.6 Å². The number of carbonyl (C=O) groups is 1. The number of hydrogen-bond acceptors (Lipinski definition) is 2. The van der Waals surface area contributed by atoms with Crippen molar-refractivity contribution in [1.82, 2.24) is 5.32 Å². The topological polar surface area (TPSA) is 41.1 Å². The van der Waals surface area contributed by atoms with Crippen molar-refractivity contribution in [2.45, 2.75) is 25.4 Å². The number of hydrogen-bond donors (Lipinski definition) is 2. The van der Waals surface area contributed by atoms with Gasteiger partial charge in [0.1, 0.15) is 11.9 Å². The monoisotopic (exact) mass is 284 g/mol. The Bertz CT molecular complexity index is 646. The van der Waals surface area contributed by atoms with Gasteiger partial charge in [-0.1, -0.05) is 36.4 Å². The number of anilines is 1.